The summed E-state index contributed by atoms with van der Waals surface area (Å²) in [7, 11) is -2.14. The molecule has 0 spiro atoms. The molecule has 2 aromatic carbocycles. The molecule has 0 aliphatic heterocycles. The van der Waals surface area contributed by atoms with Gasteiger partial charge in [0.1, 0.15) is 0 Å². The highest BCUT2D eigenvalue weighted by atomic mass is 32.2. The summed E-state index contributed by atoms with van der Waals surface area (Å²) in [6, 6.07) is 15.3. The largest absolute Gasteiger partial charge is 0.349 e. The second-order valence-electron chi connectivity index (χ2n) is 8.43. The highest BCUT2D eigenvalue weighted by Crippen LogP contribution is 2.49. The van der Waals surface area contributed by atoms with Crippen molar-refractivity contribution in [3.05, 3.63) is 60.2 Å². The first-order valence-electron chi connectivity index (χ1n) is 10.3. The quantitative estimate of drug-likeness (QED) is 0.778. The zero-order chi connectivity index (χ0) is 20.6. The summed E-state index contributed by atoms with van der Waals surface area (Å²) in [6.07, 6.45) is 5.16. The lowest BCUT2D eigenvalue weighted by molar-refractivity contribution is 0.0915. The molecule has 2 aliphatic carbocycles. The Bertz CT molecular complexity index is 973. The molecule has 154 valence electrons. The Morgan fingerprint density at radius 3 is 2.31 bits per heavy atom. The Morgan fingerprint density at radius 2 is 1.72 bits per heavy atom. The third-order valence-electron chi connectivity index (χ3n) is 6.69. The van der Waals surface area contributed by atoms with E-state index in [9.17, 15) is 13.2 Å². The number of nitrogens with one attached hydrogen (secondary N) is 1. The maximum Gasteiger partial charge on any atom is 0.264 e. The van der Waals surface area contributed by atoms with Crippen molar-refractivity contribution >= 4 is 21.6 Å². The summed E-state index contributed by atoms with van der Waals surface area (Å²) in [6.45, 7) is 2.09. The number of rotatable bonds is 6. The number of para-hydroxylation sites is 1. The number of hydrogen-bond donors (Lipinski definition) is 1. The zero-order valence-electron chi connectivity index (χ0n) is 16.9. The summed E-state index contributed by atoms with van der Waals surface area (Å²) < 4.78 is 27.0. The molecule has 2 bridgehead atoms. The molecule has 5 nitrogen and oxygen atoms in total. The molecule has 0 radical (unpaired) electrons. The molecule has 4 rings (SSSR count). The van der Waals surface area contributed by atoms with E-state index in [0.717, 1.165) is 11.8 Å². The minimum Gasteiger partial charge on any atom is -0.349 e. The fraction of sp³-hybridized carbons (Fsp3) is 0.435. The van der Waals surface area contributed by atoms with E-state index in [1.165, 1.54) is 49.2 Å². The Balaban J connectivity index is 1.44. The van der Waals surface area contributed by atoms with Crippen LogP contribution in [0.2, 0.25) is 0 Å². The van der Waals surface area contributed by atoms with Gasteiger partial charge in [0.25, 0.3) is 15.9 Å². The highest BCUT2D eigenvalue weighted by Gasteiger charge is 2.42. The predicted octanol–water partition coefficient (Wildman–Crippen LogP) is 4.07. The van der Waals surface area contributed by atoms with E-state index >= 15 is 0 Å². The molecule has 2 fully saturated rings. The Labute approximate surface area is 173 Å². The number of fused-ring (bicyclic) bond motifs is 2. The second kappa shape index (κ2) is 7.82. The van der Waals surface area contributed by atoms with Crippen LogP contribution in [0.25, 0.3) is 0 Å². The van der Waals surface area contributed by atoms with Gasteiger partial charge in [0.2, 0.25) is 0 Å². The van der Waals surface area contributed by atoms with Crippen LogP contribution in [0.4, 0.5) is 5.69 Å². The molecule has 1 amide bonds. The van der Waals surface area contributed by atoms with Crippen molar-refractivity contribution < 1.29 is 13.2 Å². The molecule has 2 aromatic rings. The Hall–Kier alpha value is -2.34. The number of carbonyl (C=O) groups excluding carboxylic acids is 1. The van der Waals surface area contributed by atoms with Crippen LogP contribution in [0.1, 0.15) is 43.0 Å². The van der Waals surface area contributed by atoms with Crippen molar-refractivity contribution in [2.24, 2.45) is 17.8 Å². The first-order valence-corrected chi connectivity index (χ1v) is 11.7. The smallest absolute Gasteiger partial charge is 0.264 e. The summed E-state index contributed by atoms with van der Waals surface area (Å²) in [5, 5.41) is 3.13. The number of hydrogen-bond acceptors (Lipinski definition) is 3. The summed E-state index contributed by atoms with van der Waals surface area (Å²) in [5.74, 6) is 2.02. The normalized spacial score (nSPS) is 24.3. The monoisotopic (exact) mass is 412 g/mol. The van der Waals surface area contributed by atoms with Crippen LogP contribution in [0.15, 0.2) is 59.5 Å². The molecule has 0 saturated heterocycles. The maximum atomic E-state index is 12.9. The number of amides is 1. The van der Waals surface area contributed by atoms with Crippen molar-refractivity contribution in [3.8, 4) is 0 Å². The van der Waals surface area contributed by atoms with Crippen molar-refractivity contribution in [3.63, 3.8) is 0 Å². The van der Waals surface area contributed by atoms with Crippen LogP contribution in [0.3, 0.4) is 0 Å². The van der Waals surface area contributed by atoms with E-state index in [1.54, 1.807) is 36.4 Å². The average molecular weight is 413 g/mol. The minimum atomic E-state index is -3.67. The molecule has 0 unspecified atom stereocenters. The third kappa shape index (κ3) is 3.90. The van der Waals surface area contributed by atoms with E-state index in [2.05, 4.69) is 12.2 Å². The SMILES string of the molecule is C[C@H](NC(=O)c1ccc(S(=O)(=O)N(C)c2ccccc2)cc1)[C@H]1C[C@@H]2CC[C@H]1C2. The number of sulfonamides is 1. The van der Waals surface area contributed by atoms with Crippen LogP contribution >= 0.6 is 0 Å². The van der Waals surface area contributed by atoms with Gasteiger partial charge in [-0.25, -0.2) is 8.42 Å². The molecule has 4 atom stereocenters. The second-order valence-corrected chi connectivity index (χ2v) is 10.4. The van der Waals surface area contributed by atoms with Gasteiger partial charge in [0.15, 0.2) is 0 Å². The van der Waals surface area contributed by atoms with E-state index in [-0.39, 0.29) is 16.8 Å². The molecule has 29 heavy (non-hydrogen) atoms. The molecule has 2 aliphatic rings. The van der Waals surface area contributed by atoms with E-state index in [1.807, 2.05) is 6.07 Å². The molecule has 1 N–H and O–H groups in total. The standard InChI is InChI=1S/C23H28N2O3S/c1-16(22-15-17-8-9-19(22)14-17)24-23(26)18-10-12-21(13-11-18)29(27,28)25(2)20-6-4-3-5-7-20/h3-7,10-13,16-17,19,22H,8-9,14-15H2,1-2H3,(H,24,26)/t16-,17+,19-,22+/m0/s1. The Morgan fingerprint density at radius 1 is 1.03 bits per heavy atom. The van der Waals surface area contributed by atoms with Gasteiger partial charge >= 0.3 is 0 Å². The number of benzene rings is 2. The summed E-state index contributed by atoms with van der Waals surface area (Å²) >= 11 is 0. The van der Waals surface area contributed by atoms with E-state index in [0.29, 0.717) is 17.2 Å². The van der Waals surface area contributed by atoms with Crippen molar-refractivity contribution in [1.29, 1.82) is 0 Å². The van der Waals surface area contributed by atoms with Crippen LogP contribution in [0.5, 0.6) is 0 Å². The van der Waals surface area contributed by atoms with Gasteiger partial charge < -0.3 is 5.32 Å². The lowest BCUT2D eigenvalue weighted by atomic mass is 9.84. The minimum absolute atomic E-state index is 0.138. The van der Waals surface area contributed by atoms with Crippen LogP contribution in [-0.2, 0) is 10.0 Å². The van der Waals surface area contributed by atoms with Gasteiger partial charge in [-0.1, -0.05) is 24.6 Å². The number of nitrogens with zero attached hydrogens (tertiary/aromatic N) is 1. The van der Waals surface area contributed by atoms with Gasteiger partial charge in [0, 0.05) is 18.7 Å². The lowest BCUT2D eigenvalue weighted by Crippen LogP contribution is -2.40. The maximum absolute atomic E-state index is 12.9. The fourth-order valence-electron chi connectivity index (χ4n) is 5.02. The average Bonchev–Trinajstić information content (AvgIpc) is 3.37. The summed E-state index contributed by atoms with van der Waals surface area (Å²) in [4.78, 5) is 12.8. The molecule has 6 heteroatoms. The van der Waals surface area contributed by atoms with E-state index < -0.39 is 10.0 Å². The lowest BCUT2D eigenvalue weighted by Gasteiger charge is -2.28. The van der Waals surface area contributed by atoms with Crippen LogP contribution < -0.4 is 9.62 Å². The van der Waals surface area contributed by atoms with Crippen molar-refractivity contribution in [2.45, 2.75) is 43.5 Å². The van der Waals surface area contributed by atoms with Crippen molar-refractivity contribution in [1.82, 2.24) is 5.32 Å². The first-order chi connectivity index (χ1) is 13.9. The molecular weight excluding hydrogens is 384 g/mol. The van der Waals surface area contributed by atoms with Crippen LogP contribution in [0, 0.1) is 17.8 Å². The predicted molar refractivity (Wildman–Crippen MR) is 114 cm³/mol. The van der Waals surface area contributed by atoms with Crippen molar-refractivity contribution in [2.75, 3.05) is 11.4 Å². The molecule has 0 aromatic heterocycles. The number of anilines is 1. The van der Waals surface area contributed by atoms with Gasteiger partial charge in [-0.2, -0.15) is 0 Å². The summed E-state index contributed by atoms with van der Waals surface area (Å²) in [5.41, 5.74) is 1.08. The molecule has 0 heterocycles. The van der Waals surface area contributed by atoms with Crippen LogP contribution in [-0.4, -0.2) is 27.4 Å². The number of carbonyl (C=O) groups is 1. The molecular formula is C23H28N2O3S. The zero-order valence-corrected chi connectivity index (χ0v) is 17.7. The van der Waals surface area contributed by atoms with Gasteiger partial charge in [-0.05, 0) is 80.3 Å². The van der Waals surface area contributed by atoms with E-state index in [4.69, 9.17) is 0 Å². The van der Waals surface area contributed by atoms with Gasteiger partial charge in [0.05, 0.1) is 10.6 Å². The Kier molecular flexibility index (Phi) is 5.38. The molecule has 2 saturated carbocycles. The fourth-order valence-corrected chi connectivity index (χ4v) is 6.21. The van der Waals surface area contributed by atoms with Gasteiger partial charge in [-0.15, -0.1) is 0 Å². The van der Waals surface area contributed by atoms with Gasteiger partial charge in [-0.3, -0.25) is 9.10 Å². The topological polar surface area (TPSA) is 66.5 Å². The highest BCUT2D eigenvalue weighted by molar-refractivity contribution is 7.92. The first kappa shape index (κ1) is 20.0. The third-order valence-corrected chi connectivity index (χ3v) is 8.49.